The van der Waals surface area contributed by atoms with Crippen molar-refractivity contribution in [2.24, 2.45) is 0 Å². The molecule has 3 aromatic carbocycles. The molecular formula is C27H23N3O3. The fourth-order valence-electron chi connectivity index (χ4n) is 4.08. The zero-order chi connectivity index (χ0) is 23.4. The molecule has 1 heterocycles. The van der Waals surface area contributed by atoms with Crippen molar-refractivity contribution in [2.75, 3.05) is 11.4 Å². The second kappa shape index (κ2) is 9.49. The Bertz CT molecular complexity index is 1230. The Balaban J connectivity index is 1.65. The van der Waals surface area contributed by atoms with Crippen LogP contribution in [0.4, 0.5) is 5.69 Å². The molecule has 3 aromatic rings. The van der Waals surface area contributed by atoms with Gasteiger partial charge in [-0.2, -0.15) is 5.26 Å². The summed E-state index contributed by atoms with van der Waals surface area (Å²) < 4.78 is 0. The molecule has 1 aliphatic heterocycles. The smallest absolute Gasteiger partial charge is 0.257 e. The van der Waals surface area contributed by atoms with Crippen LogP contribution < -0.4 is 4.90 Å². The lowest BCUT2D eigenvalue weighted by Crippen LogP contribution is -2.46. The Hall–Kier alpha value is -4.24. The van der Waals surface area contributed by atoms with Gasteiger partial charge in [0.05, 0.1) is 23.7 Å². The molecule has 0 aliphatic carbocycles. The molecule has 0 radical (unpaired) electrons. The van der Waals surface area contributed by atoms with Gasteiger partial charge in [-0.1, -0.05) is 48.5 Å². The van der Waals surface area contributed by atoms with Crippen molar-refractivity contribution < 1.29 is 14.4 Å². The zero-order valence-corrected chi connectivity index (χ0v) is 18.3. The third kappa shape index (κ3) is 4.53. The number of benzene rings is 3. The highest BCUT2D eigenvalue weighted by molar-refractivity contribution is 6.23. The van der Waals surface area contributed by atoms with Gasteiger partial charge in [-0.15, -0.1) is 0 Å². The number of nitrogens with zero attached hydrogens (tertiary/aromatic N) is 3. The van der Waals surface area contributed by atoms with Gasteiger partial charge < -0.3 is 4.90 Å². The average Bonchev–Trinajstić information content (AvgIpc) is 3.13. The second-order valence-corrected chi connectivity index (χ2v) is 8.00. The van der Waals surface area contributed by atoms with E-state index < -0.39 is 11.9 Å². The van der Waals surface area contributed by atoms with Gasteiger partial charge in [-0.25, -0.2) is 4.90 Å². The van der Waals surface area contributed by atoms with Gasteiger partial charge >= 0.3 is 0 Å². The van der Waals surface area contributed by atoms with Crippen molar-refractivity contribution in [2.45, 2.75) is 25.8 Å². The molecule has 1 unspecified atom stereocenters. The third-order valence-corrected chi connectivity index (χ3v) is 5.87. The number of carbonyl (C=O) groups excluding carboxylic acids is 3. The summed E-state index contributed by atoms with van der Waals surface area (Å²) in [4.78, 5) is 42.5. The van der Waals surface area contributed by atoms with Crippen molar-refractivity contribution in [3.8, 4) is 6.07 Å². The first-order chi connectivity index (χ1) is 16.0. The lowest BCUT2D eigenvalue weighted by atomic mass is 10.0. The number of hydrogen-bond donors (Lipinski definition) is 0. The molecule has 6 heteroatoms. The summed E-state index contributed by atoms with van der Waals surface area (Å²) in [5, 5.41) is 9.02. The van der Waals surface area contributed by atoms with Crippen molar-refractivity contribution in [3.05, 3.63) is 101 Å². The molecule has 1 aliphatic rings. The van der Waals surface area contributed by atoms with Crippen LogP contribution in [0.3, 0.4) is 0 Å². The van der Waals surface area contributed by atoms with E-state index >= 15 is 0 Å². The number of hydrogen-bond acceptors (Lipinski definition) is 4. The molecule has 1 atom stereocenters. The SMILES string of the molecule is Cc1ccccc1C(=O)N(CCc1ccccc1)C1CC(=O)N(c2ccc(C#N)cc2)C1=O. The van der Waals surface area contributed by atoms with Gasteiger partial charge in [0.15, 0.2) is 0 Å². The van der Waals surface area contributed by atoms with E-state index in [2.05, 4.69) is 0 Å². The maximum absolute atomic E-state index is 13.6. The molecule has 164 valence electrons. The molecular weight excluding hydrogens is 414 g/mol. The van der Waals surface area contributed by atoms with Crippen LogP contribution in [0.1, 0.15) is 33.5 Å². The minimum atomic E-state index is -0.885. The summed E-state index contributed by atoms with van der Waals surface area (Å²) in [6, 6.07) is 24.4. The van der Waals surface area contributed by atoms with Gasteiger partial charge in [-0.05, 0) is 54.8 Å². The van der Waals surface area contributed by atoms with E-state index in [9.17, 15) is 14.4 Å². The van der Waals surface area contributed by atoms with Crippen LogP contribution in [0.2, 0.25) is 0 Å². The Kier molecular flexibility index (Phi) is 6.32. The normalized spacial score (nSPS) is 15.4. The van der Waals surface area contributed by atoms with Gasteiger partial charge in [0.2, 0.25) is 5.91 Å². The molecule has 0 bridgehead atoms. The standard InChI is InChI=1S/C27H23N3O3/c1-19-7-5-6-10-23(19)26(32)29(16-15-20-8-3-2-4-9-20)24-17-25(31)30(27(24)33)22-13-11-21(18-28)12-14-22/h2-14,24H,15-17H2,1H3. The van der Waals surface area contributed by atoms with Gasteiger partial charge in [-0.3, -0.25) is 14.4 Å². The van der Waals surface area contributed by atoms with Crippen LogP contribution in [-0.2, 0) is 16.0 Å². The van der Waals surface area contributed by atoms with Crippen LogP contribution in [0.15, 0.2) is 78.9 Å². The summed E-state index contributed by atoms with van der Waals surface area (Å²) in [6.45, 7) is 2.16. The van der Waals surface area contributed by atoms with E-state index in [1.54, 1.807) is 36.4 Å². The summed E-state index contributed by atoms with van der Waals surface area (Å²) in [7, 11) is 0. The second-order valence-electron chi connectivity index (χ2n) is 8.00. The lowest BCUT2D eigenvalue weighted by molar-refractivity contribution is -0.122. The fraction of sp³-hybridized carbons (Fsp3) is 0.185. The molecule has 0 N–H and O–H groups in total. The summed E-state index contributed by atoms with van der Waals surface area (Å²) in [6.07, 6.45) is 0.485. The first kappa shape index (κ1) is 22.0. The van der Waals surface area contributed by atoms with Gasteiger partial charge in [0, 0.05) is 12.1 Å². The van der Waals surface area contributed by atoms with Crippen LogP contribution in [0.5, 0.6) is 0 Å². The van der Waals surface area contributed by atoms with Gasteiger partial charge in [0.25, 0.3) is 11.8 Å². The largest absolute Gasteiger partial charge is 0.326 e. The molecule has 0 saturated carbocycles. The predicted molar refractivity (Wildman–Crippen MR) is 124 cm³/mol. The average molecular weight is 437 g/mol. The van der Waals surface area contributed by atoms with Crippen LogP contribution >= 0.6 is 0 Å². The number of carbonyl (C=O) groups is 3. The summed E-state index contributed by atoms with van der Waals surface area (Å²) >= 11 is 0. The van der Waals surface area contributed by atoms with Crippen molar-refractivity contribution >= 4 is 23.4 Å². The van der Waals surface area contributed by atoms with Crippen molar-refractivity contribution in [3.63, 3.8) is 0 Å². The van der Waals surface area contributed by atoms with E-state index in [1.165, 1.54) is 4.90 Å². The quantitative estimate of drug-likeness (QED) is 0.548. The fourth-order valence-corrected chi connectivity index (χ4v) is 4.08. The van der Waals surface area contributed by atoms with E-state index in [0.717, 1.165) is 16.0 Å². The molecule has 0 aromatic heterocycles. The number of imide groups is 1. The molecule has 4 rings (SSSR count). The molecule has 3 amide bonds. The number of aryl methyl sites for hydroxylation is 1. The highest BCUT2D eigenvalue weighted by Crippen LogP contribution is 2.27. The Labute approximate surface area is 192 Å². The Morgan fingerprint density at radius 2 is 1.67 bits per heavy atom. The minimum Gasteiger partial charge on any atom is -0.326 e. The number of rotatable bonds is 6. The van der Waals surface area contributed by atoms with E-state index in [0.29, 0.717) is 29.8 Å². The molecule has 1 fully saturated rings. The highest BCUT2D eigenvalue weighted by Gasteiger charge is 2.44. The van der Waals surface area contributed by atoms with Crippen molar-refractivity contribution in [1.29, 1.82) is 5.26 Å². The topological polar surface area (TPSA) is 81.5 Å². The van der Waals surface area contributed by atoms with Crippen LogP contribution in [0.25, 0.3) is 0 Å². The van der Waals surface area contributed by atoms with E-state index in [-0.39, 0.29) is 18.2 Å². The van der Waals surface area contributed by atoms with E-state index in [4.69, 9.17) is 5.26 Å². The zero-order valence-electron chi connectivity index (χ0n) is 18.3. The first-order valence-electron chi connectivity index (χ1n) is 10.8. The Morgan fingerprint density at radius 3 is 2.33 bits per heavy atom. The maximum atomic E-state index is 13.6. The Morgan fingerprint density at radius 1 is 1.00 bits per heavy atom. The predicted octanol–water partition coefficient (Wildman–Crippen LogP) is 3.88. The molecule has 33 heavy (non-hydrogen) atoms. The summed E-state index contributed by atoms with van der Waals surface area (Å²) in [5.74, 6) is -1.06. The highest BCUT2D eigenvalue weighted by atomic mass is 16.2. The number of nitriles is 1. The van der Waals surface area contributed by atoms with Crippen LogP contribution in [-0.4, -0.2) is 35.2 Å². The van der Waals surface area contributed by atoms with Crippen LogP contribution in [0, 0.1) is 18.3 Å². The third-order valence-electron chi connectivity index (χ3n) is 5.87. The summed E-state index contributed by atoms with van der Waals surface area (Å²) in [5.41, 5.74) is 3.21. The number of amides is 3. The lowest BCUT2D eigenvalue weighted by Gasteiger charge is -2.28. The first-order valence-corrected chi connectivity index (χ1v) is 10.8. The number of anilines is 1. The molecule has 6 nitrogen and oxygen atoms in total. The maximum Gasteiger partial charge on any atom is 0.257 e. The van der Waals surface area contributed by atoms with Gasteiger partial charge in [0.1, 0.15) is 6.04 Å². The monoisotopic (exact) mass is 437 g/mol. The van der Waals surface area contributed by atoms with E-state index in [1.807, 2.05) is 55.5 Å². The van der Waals surface area contributed by atoms with Crippen molar-refractivity contribution in [1.82, 2.24) is 4.90 Å². The molecule has 0 spiro atoms. The molecule has 1 saturated heterocycles. The minimum absolute atomic E-state index is 0.0781.